The summed E-state index contributed by atoms with van der Waals surface area (Å²) in [5, 5.41) is 9.41. The summed E-state index contributed by atoms with van der Waals surface area (Å²) in [7, 11) is 1.72. The first-order valence-electron chi connectivity index (χ1n) is 10.6. The van der Waals surface area contributed by atoms with Crippen LogP contribution in [0.1, 0.15) is 34.0 Å². The van der Waals surface area contributed by atoms with E-state index in [-0.39, 0.29) is 29.9 Å². The van der Waals surface area contributed by atoms with Crippen LogP contribution in [-0.2, 0) is 11.3 Å². The van der Waals surface area contributed by atoms with Gasteiger partial charge in [-0.05, 0) is 44.5 Å². The molecule has 0 bridgehead atoms. The number of amides is 1. The summed E-state index contributed by atoms with van der Waals surface area (Å²) >= 11 is 0. The van der Waals surface area contributed by atoms with Crippen molar-refractivity contribution in [3.05, 3.63) is 64.7 Å². The molecule has 2 aromatic rings. The third kappa shape index (κ3) is 9.86. The SMILES string of the molecule is CCOCCOc1cc(C)ccc1CNC(=NC)NCCNC(=O)c1cccc(C)c1.I. The molecular formula is C24H35IN4O3. The Kier molecular flexibility index (Phi) is 13.4. The Bertz CT molecular complexity index is 874. The Hall–Kier alpha value is -2.33. The lowest BCUT2D eigenvalue weighted by atomic mass is 10.1. The van der Waals surface area contributed by atoms with E-state index in [1.807, 2.05) is 57.2 Å². The van der Waals surface area contributed by atoms with Gasteiger partial charge in [0.15, 0.2) is 5.96 Å². The maximum atomic E-state index is 12.2. The van der Waals surface area contributed by atoms with Gasteiger partial charge >= 0.3 is 0 Å². The molecule has 0 aromatic heterocycles. The molecule has 0 fully saturated rings. The lowest BCUT2D eigenvalue weighted by Crippen LogP contribution is -2.41. The largest absolute Gasteiger partial charge is 0.491 e. The maximum absolute atomic E-state index is 12.2. The van der Waals surface area contributed by atoms with Crippen LogP contribution in [0.2, 0.25) is 0 Å². The van der Waals surface area contributed by atoms with Gasteiger partial charge in [-0.2, -0.15) is 0 Å². The molecule has 176 valence electrons. The number of carbonyl (C=O) groups is 1. The summed E-state index contributed by atoms with van der Waals surface area (Å²) in [6.07, 6.45) is 0. The lowest BCUT2D eigenvalue weighted by Gasteiger charge is -2.16. The second kappa shape index (κ2) is 15.5. The predicted octanol–water partition coefficient (Wildman–Crippen LogP) is 3.43. The average Bonchev–Trinajstić information content (AvgIpc) is 2.77. The van der Waals surface area contributed by atoms with Crippen LogP contribution in [0, 0.1) is 13.8 Å². The molecule has 32 heavy (non-hydrogen) atoms. The first-order valence-corrected chi connectivity index (χ1v) is 10.6. The van der Waals surface area contributed by atoms with Gasteiger partial charge in [0.05, 0.1) is 6.61 Å². The van der Waals surface area contributed by atoms with Gasteiger partial charge in [-0.1, -0.05) is 29.8 Å². The third-order valence-corrected chi connectivity index (χ3v) is 4.57. The molecule has 0 aliphatic heterocycles. The van der Waals surface area contributed by atoms with Gasteiger partial charge in [0.25, 0.3) is 5.91 Å². The van der Waals surface area contributed by atoms with Crippen molar-refractivity contribution in [3.63, 3.8) is 0 Å². The van der Waals surface area contributed by atoms with E-state index in [0.29, 0.717) is 51.0 Å². The molecule has 0 aliphatic rings. The van der Waals surface area contributed by atoms with Crippen molar-refractivity contribution < 1.29 is 14.3 Å². The van der Waals surface area contributed by atoms with E-state index in [2.05, 4.69) is 27.0 Å². The molecular weight excluding hydrogens is 519 g/mol. The normalized spacial score (nSPS) is 10.8. The van der Waals surface area contributed by atoms with E-state index in [0.717, 1.165) is 22.4 Å². The van der Waals surface area contributed by atoms with Gasteiger partial charge in [-0.25, -0.2) is 0 Å². The van der Waals surface area contributed by atoms with E-state index in [4.69, 9.17) is 9.47 Å². The highest BCUT2D eigenvalue weighted by atomic mass is 127. The number of nitrogens with zero attached hydrogens (tertiary/aromatic N) is 1. The Balaban J connectivity index is 0.00000512. The number of hydrogen-bond donors (Lipinski definition) is 3. The third-order valence-electron chi connectivity index (χ3n) is 4.57. The van der Waals surface area contributed by atoms with Crippen LogP contribution < -0.4 is 20.7 Å². The van der Waals surface area contributed by atoms with Crippen LogP contribution in [0.15, 0.2) is 47.5 Å². The highest BCUT2D eigenvalue weighted by Gasteiger charge is 2.07. The number of rotatable bonds is 11. The number of halogens is 1. The summed E-state index contributed by atoms with van der Waals surface area (Å²) in [6, 6.07) is 13.7. The Morgan fingerprint density at radius 3 is 2.44 bits per heavy atom. The van der Waals surface area contributed by atoms with Crippen molar-refractivity contribution in [1.82, 2.24) is 16.0 Å². The van der Waals surface area contributed by atoms with E-state index >= 15 is 0 Å². The highest BCUT2D eigenvalue weighted by Crippen LogP contribution is 2.20. The number of nitrogens with one attached hydrogen (secondary N) is 3. The van der Waals surface area contributed by atoms with Crippen LogP contribution in [0.25, 0.3) is 0 Å². The molecule has 2 rings (SSSR count). The van der Waals surface area contributed by atoms with Gasteiger partial charge in [-0.15, -0.1) is 24.0 Å². The minimum Gasteiger partial charge on any atom is -0.491 e. The zero-order chi connectivity index (χ0) is 22.5. The van der Waals surface area contributed by atoms with Crippen LogP contribution >= 0.6 is 24.0 Å². The van der Waals surface area contributed by atoms with Crippen LogP contribution in [-0.4, -0.2) is 51.8 Å². The van der Waals surface area contributed by atoms with E-state index < -0.39 is 0 Å². The fourth-order valence-corrected chi connectivity index (χ4v) is 2.94. The molecule has 3 N–H and O–H groups in total. The summed E-state index contributed by atoms with van der Waals surface area (Å²) in [5.41, 5.74) is 3.91. The second-order valence-electron chi connectivity index (χ2n) is 7.13. The lowest BCUT2D eigenvalue weighted by molar-refractivity contribution is 0.0954. The zero-order valence-electron chi connectivity index (χ0n) is 19.4. The summed E-state index contributed by atoms with van der Waals surface area (Å²) in [4.78, 5) is 16.5. The number of hydrogen-bond acceptors (Lipinski definition) is 4. The van der Waals surface area contributed by atoms with Crippen molar-refractivity contribution in [3.8, 4) is 5.75 Å². The predicted molar refractivity (Wildman–Crippen MR) is 140 cm³/mol. The molecule has 1 amide bonds. The molecule has 0 atom stereocenters. The van der Waals surface area contributed by atoms with Crippen LogP contribution in [0.4, 0.5) is 0 Å². The van der Waals surface area contributed by atoms with E-state index in [9.17, 15) is 4.79 Å². The Morgan fingerprint density at radius 1 is 0.969 bits per heavy atom. The quantitative estimate of drug-likeness (QED) is 0.172. The van der Waals surface area contributed by atoms with Gasteiger partial charge in [0, 0.05) is 44.4 Å². The molecule has 7 nitrogen and oxygen atoms in total. The summed E-state index contributed by atoms with van der Waals surface area (Å²) in [5.74, 6) is 1.42. The molecule has 8 heteroatoms. The van der Waals surface area contributed by atoms with Crippen LogP contribution in [0.5, 0.6) is 5.75 Å². The van der Waals surface area contributed by atoms with Crippen molar-refractivity contribution in [1.29, 1.82) is 0 Å². The summed E-state index contributed by atoms with van der Waals surface area (Å²) < 4.78 is 11.2. The smallest absolute Gasteiger partial charge is 0.251 e. The first-order chi connectivity index (χ1) is 15.0. The minimum absolute atomic E-state index is 0. The monoisotopic (exact) mass is 554 g/mol. The average molecular weight is 554 g/mol. The van der Waals surface area contributed by atoms with E-state index in [1.165, 1.54) is 0 Å². The molecule has 2 aromatic carbocycles. The van der Waals surface area contributed by atoms with Gasteiger partial charge in [-0.3, -0.25) is 9.79 Å². The molecule has 0 radical (unpaired) electrons. The topological polar surface area (TPSA) is 84.0 Å². The molecule has 0 saturated carbocycles. The van der Waals surface area contributed by atoms with Gasteiger partial charge in [0.1, 0.15) is 12.4 Å². The minimum atomic E-state index is -0.0815. The van der Waals surface area contributed by atoms with Crippen molar-refractivity contribution in [2.75, 3.05) is 40.0 Å². The summed E-state index contributed by atoms with van der Waals surface area (Å²) in [6.45, 7) is 9.35. The number of aryl methyl sites for hydroxylation is 2. The maximum Gasteiger partial charge on any atom is 0.251 e. The Morgan fingerprint density at radius 2 is 1.72 bits per heavy atom. The molecule has 0 saturated heterocycles. The first kappa shape index (κ1) is 27.7. The number of guanidine groups is 1. The fraction of sp³-hybridized carbons (Fsp3) is 0.417. The van der Waals surface area contributed by atoms with E-state index in [1.54, 1.807) is 7.05 Å². The van der Waals surface area contributed by atoms with Crippen molar-refractivity contribution in [2.45, 2.75) is 27.3 Å². The second-order valence-corrected chi connectivity index (χ2v) is 7.13. The van der Waals surface area contributed by atoms with Gasteiger partial charge in [0.2, 0.25) is 0 Å². The zero-order valence-corrected chi connectivity index (χ0v) is 21.7. The molecule has 0 heterocycles. The molecule has 0 unspecified atom stereocenters. The number of carbonyl (C=O) groups excluding carboxylic acids is 1. The number of aliphatic imine (C=N–C) groups is 1. The van der Waals surface area contributed by atoms with Crippen LogP contribution in [0.3, 0.4) is 0 Å². The van der Waals surface area contributed by atoms with Crippen molar-refractivity contribution in [2.24, 2.45) is 4.99 Å². The molecule has 0 aliphatic carbocycles. The standard InChI is InChI=1S/C24H34N4O3.HI/c1-5-30-13-14-31-22-16-19(3)9-10-21(22)17-28-24(25-4)27-12-11-26-23(29)20-8-6-7-18(2)15-20;/h6-10,15-16H,5,11-14,17H2,1-4H3,(H,26,29)(H2,25,27,28);1H. The van der Waals surface area contributed by atoms with Crippen molar-refractivity contribution >= 4 is 35.8 Å². The van der Waals surface area contributed by atoms with Gasteiger partial charge < -0.3 is 25.4 Å². The fourth-order valence-electron chi connectivity index (χ4n) is 2.94. The Labute approximate surface area is 208 Å². The number of benzene rings is 2. The highest BCUT2D eigenvalue weighted by molar-refractivity contribution is 14.0. The molecule has 0 spiro atoms. The number of ether oxygens (including phenoxy) is 2.